The van der Waals surface area contributed by atoms with Crippen LogP contribution in [-0.4, -0.2) is 26.2 Å². The SMILES string of the molecule is CCn1cncc1C(CC(=O)O)C(C)(C)N. The summed E-state index contributed by atoms with van der Waals surface area (Å²) in [6.07, 6.45) is 3.43. The fourth-order valence-electron chi connectivity index (χ4n) is 1.81. The lowest BCUT2D eigenvalue weighted by atomic mass is 9.83. The zero-order chi connectivity index (χ0) is 12.3. The molecule has 90 valence electrons. The minimum absolute atomic E-state index is 0.0230. The molecule has 0 spiro atoms. The highest BCUT2D eigenvalue weighted by atomic mass is 16.4. The Morgan fingerprint density at radius 2 is 2.31 bits per heavy atom. The molecule has 5 nitrogen and oxygen atoms in total. The van der Waals surface area contributed by atoms with E-state index in [1.54, 1.807) is 12.5 Å². The molecule has 1 unspecified atom stereocenters. The number of aromatic nitrogens is 2. The number of carbonyl (C=O) groups is 1. The first-order valence-corrected chi connectivity index (χ1v) is 5.37. The monoisotopic (exact) mass is 225 g/mol. The smallest absolute Gasteiger partial charge is 0.304 e. The summed E-state index contributed by atoms with van der Waals surface area (Å²) in [5, 5.41) is 8.92. The van der Waals surface area contributed by atoms with Crippen molar-refractivity contribution in [2.24, 2.45) is 5.73 Å². The van der Waals surface area contributed by atoms with Crippen LogP contribution < -0.4 is 5.73 Å². The summed E-state index contributed by atoms with van der Waals surface area (Å²) in [5.74, 6) is -1.07. The van der Waals surface area contributed by atoms with Crippen molar-refractivity contribution in [3.8, 4) is 0 Å². The van der Waals surface area contributed by atoms with Gasteiger partial charge in [0.1, 0.15) is 0 Å². The highest BCUT2D eigenvalue weighted by molar-refractivity contribution is 5.68. The highest BCUT2D eigenvalue weighted by Gasteiger charge is 2.31. The summed E-state index contributed by atoms with van der Waals surface area (Å²) in [6.45, 7) is 6.44. The summed E-state index contributed by atoms with van der Waals surface area (Å²) in [6, 6.07) is 0. The first kappa shape index (κ1) is 12.7. The van der Waals surface area contributed by atoms with Crippen molar-refractivity contribution in [3.05, 3.63) is 18.2 Å². The quantitative estimate of drug-likeness (QED) is 0.789. The number of hydrogen-bond donors (Lipinski definition) is 2. The average molecular weight is 225 g/mol. The van der Waals surface area contributed by atoms with Gasteiger partial charge in [-0.05, 0) is 20.8 Å². The van der Waals surface area contributed by atoms with Crippen molar-refractivity contribution in [2.75, 3.05) is 0 Å². The number of aliphatic carboxylic acids is 1. The van der Waals surface area contributed by atoms with Gasteiger partial charge in [-0.2, -0.15) is 0 Å². The van der Waals surface area contributed by atoms with Gasteiger partial charge in [-0.1, -0.05) is 0 Å². The predicted octanol–water partition coefficient (Wildman–Crippen LogP) is 1.20. The lowest BCUT2D eigenvalue weighted by Gasteiger charge is -2.29. The molecule has 0 amide bonds. The number of carboxylic acid groups (broad SMARTS) is 1. The molecule has 1 atom stereocenters. The van der Waals surface area contributed by atoms with Crippen LogP contribution in [0.1, 0.15) is 38.8 Å². The summed E-state index contributed by atoms with van der Waals surface area (Å²) in [4.78, 5) is 14.9. The van der Waals surface area contributed by atoms with E-state index in [0.717, 1.165) is 12.2 Å². The Hall–Kier alpha value is -1.36. The third kappa shape index (κ3) is 2.82. The molecule has 5 heteroatoms. The van der Waals surface area contributed by atoms with Gasteiger partial charge in [0.2, 0.25) is 0 Å². The van der Waals surface area contributed by atoms with Gasteiger partial charge in [-0.25, -0.2) is 4.98 Å². The Bertz CT molecular complexity index is 366. The van der Waals surface area contributed by atoms with Crippen molar-refractivity contribution in [3.63, 3.8) is 0 Å². The minimum atomic E-state index is -0.840. The van der Waals surface area contributed by atoms with Crippen molar-refractivity contribution in [1.29, 1.82) is 0 Å². The van der Waals surface area contributed by atoms with Crippen molar-refractivity contribution >= 4 is 5.97 Å². The minimum Gasteiger partial charge on any atom is -0.481 e. The largest absolute Gasteiger partial charge is 0.481 e. The molecule has 1 heterocycles. The normalized spacial score (nSPS) is 13.8. The van der Waals surface area contributed by atoms with Crippen molar-refractivity contribution in [2.45, 2.75) is 45.2 Å². The number of nitrogens with two attached hydrogens (primary N) is 1. The zero-order valence-electron chi connectivity index (χ0n) is 9.97. The molecule has 0 saturated heterocycles. The van der Waals surface area contributed by atoms with Crippen molar-refractivity contribution in [1.82, 2.24) is 9.55 Å². The molecule has 0 aliphatic rings. The molecule has 0 fully saturated rings. The first-order valence-electron chi connectivity index (χ1n) is 5.37. The topological polar surface area (TPSA) is 81.1 Å². The van der Waals surface area contributed by atoms with Crippen LogP contribution in [0, 0.1) is 0 Å². The Labute approximate surface area is 95.3 Å². The zero-order valence-corrected chi connectivity index (χ0v) is 9.97. The van der Waals surface area contributed by atoms with E-state index in [2.05, 4.69) is 4.98 Å². The van der Waals surface area contributed by atoms with E-state index < -0.39 is 11.5 Å². The lowest BCUT2D eigenvalue weighted by Crippen LogP contribution is -2.41. The second-order valence-electron chi connectivity index (χ2n) is 4.58. The Kier molecular flexibility index (Phi) is 3.70. The third-order valence-corrected chi connectivity index (χ3v) is 2.72. The van der Waals surface area contributed by atoms with Gasteiger partial charge in [0.15, 0.2) is 0 Å². The van der Waals surface area contributed by atoms with Crippen LogP contribution in [0.15, 0.2) is 12.5 Å². The van der Waals surface area contributed by atoms with E-state index >= 15 is 0 Å². The summed E-state index contributed by atoms with van der Waals surface area (Å²) in [5.41, 5.74) is 6.35. The van der Waals surface area contributed by atoms with E-state index in [-0.39, 0.29) is 12.3 Å². The molecule has 0 aliphatic heterocycles. The van der Waals surface area contributed by atoms with Crippen LogP contribution in [0.25, 0.3) is 0 Å². The number of aryl methyl sites for hydroxylation is 1. The average Bonchev–Trinajstić information content (AvgIpc) is 2.59. The van der Waals surface area contributed by atoms with Crippen LogP contribution in [-0.2, 0) is 11.3 Å². The van der Waals surface area contributed by atoms with Gasteiger partial charge in [-0.15, -0.1) is 0 Å². The molecule has 1 rings (SSSR count). The van der Waals surface area contributed by atoms with Gasteiger partial charge in [-0.3, -0.25) is 4.79 Å². The third-order valence-electron chi connectivity index (χ3n) is 2.72. The number of hydrogen-bond acceptors (Lipinski definition) is 3. The van der Waals surface area contributed by atoms with Crippen LogP contribution in [0.2, 0.25) is 0 Å². The molecule has 0 saturated carbocycles. The molecular weight excluding hydrogens is 206 g/mol. The maximum absolute atomic E-state index is 10.9. The molecule has 0 aliphatic carbocycles. The summed E-state index contributed by atoms with van der Waals surface area (Å²) in [7, 11) is 0. The Morgan fingerprint density at radius 1 is 1.69 bits per heavy atom. The van der Waals surface area contributed by atoms with Gasteiger partial charge in [0.25, 0.3) is 0 Å². The first-order chi connectivity index (χ1) is 7.36. The van der Waals surface area contributed by atoms with Crippen LogP contribution in [0.3, 0.4) is 0 Å². The maximum Gasteiger partial charge on any atom is 0.304 e. The molecule has 0 aromatic carbocycles. The fourth-order valence-corrected chi connectivity index (χ4v) is 1.81. The fraction of sp³-hybridized carbons (Fsp3) is 0.636. The van der Waals surface area contributed by atoms with Crippen LogP contribution >= 0.6 is 0 Å². The second kappa shape index (κ2) is 4.65. The molecule has 0 radical (unpaired) electrons. The predicted molar refractivity (Wildman–Crippen MR) is 61.2 cm³/mol. The van der Waals surface area contributed by atoms with Gasteiger partial charge in [0, 0.05) is 29.9 Å². The van der Waals surface area contributed by atoms with Crippen LogP contribution in [0.4, 0.5) is 0 Å². The molecular formula is C11H19N3O2. The van der Waals surface area contributed by atoms with Crippen molar-refractivity contribution < 1.29 is 9.90 Å². The summed E-state index contributed by atoms with van der Waals surface area (Å²) < 4.78 is 1.93. The Morgan fingerprint density at radius 3 is 2.75 bits per heavy atom. The standard InChI is InChI=1S/C11H19N3O2/c1-4-14-7-13-6-9(14)8(5-10(15)16)11(2,3)12/h6-8H,4-5,12H2,1-3H3,(H,15,16). The van der Waals surface area contributed by atoms with Crippen LogP contribution in [0.5, 0.6) is 0 Å². The van der Waals surface area contributed by atoms with E-state index in [1.165, 1.54) is 0 Å². The van der Waals surface area contributed by atoms with E-state index in [1.807, 2.05) is 25.3 Å². The maximum atomic E-state index is 10.9. The molecule has 1 aromatic rings. The highest BCUT2D eigenvalue weighted by Crippen LogP contribution is 2.29. The number of imidazole rings is 1. The molecule has 0 bridgehead atoms. The Balaban J connectivity index is 3.06. The van der Waals surface area contributed by atoms with Gasteiger partial charge < -0.3 is 15.4 Å². The molecule has 1 aromatic heterocycles. The number of rotatable bonds is 5. The van der Waals surface area contributed by atoms with Gasteiger partial charge >= 0.3 is 5.97 Å². The number of nitrogens with zero attached hydrogens (tertiary/aromatic N) is 2. The number of carboxylic acids is 1. The lowest BCUT2D eigenvalue weighted by molar-refractivity contribution is -0.137. The van der Waals surface area contributed by atoms with E-state index in [9.17, 15) is 4.79 Å². The van der Waals surface area contributed by atoms with E-state index in [4.69, 9.17) is 10.8 Å². The molecule has 3 N–H and O–H groups in total. The van der Waals surface area contributed by atoms with E-state index in [0.29, 0.717) is 0 Å². The van der Waals surface area contributed by atoms with Gasteiger partial charge in [0.05, 0.1) is 12.7 Å². The second-order valence-corrected chi connectivity index (χ2v) is 4.58. The summed E-state index contributed by atoms with van der Waals surface area (Å²) >= 11 is 0. The molecule has 16 heavy (non-hydrogen) atoms.